The molecule has 1 unspecified atom stereocenters. The number of benzene rings is 1. The Labute approximate surface area is 114 Å². The van der Waals surface area contributed by atoms with Crippen molar-refractivity contribution in [3.05, 3.63) is 35.9 Å². The molecule has 1 aromatic rings. The van der Waals surface area contributed by atoms with Gasteiger partial charge in [0, 0.05) is 19.1 Å². The van der Waals surface area contributed by atoms with Crippen molar-refractivity contribution in [1.29, 1.82) is 0 Å². The molecule has 1 amide bonds. The summed E-state index contributed by atoms with van der Waals surface area (Å²) in [5.74, 6) is 0.0897. The van der Waals surface area contributed by atoms with Crippen LogP contribution < -0.4 is 5.73 Å². The molecular formula is C15H22N2O2. The standard InChI is InChI=1S/C15H22N2O2/c16-8-10-19-12-15(18)17-9-4-7-14(17)11-13-5-2-1-3-6-13/h1-3,5-6,14H,4,7-12,16H2. The third-order valence-electron chi connectivity index (χ3n) is 3.50. The quantitative estimate of drug-likeness (QED) is 0.784. The molecule has 0 aliphatic carbocycles. The van der Waals surface area contributed by atoms with Crippen LogP contribution in [-0.2, 0) is 16.0 Å². The number of nitrogens with zero attached hydrogens (tertiary/aromatic N) is 1. The Kier molecular flexibility index (Phi) is 5.36. The molecule has 104 valence electrons. The minimum absolute atomic E-state index is 0.0897. The molecule has 1 atom stereocenters. The summed E-state index contributed by atoms with van der Waals surface area (Å²) in [5, 5.41) is 0. The van der Waals surface area contributed by atoms with Crippen LogP contribution in [0, 0.1) is 0 Å². The topological polar surface area (TPSA) is 55.6 Å². The van der Waals surface area contributed by atoms with Gasteiger partial charge in [0.05, 0.1) is 6.61 Å². The molecule has 19 heavy (non-hydrogen) atoms. The molecular weight excluding hydrogens is 240 g/mol. The third kappa shape index (κ3) is 4.04. The lowest BCUT2D eigenvalue weighted by atomic mass is 10.0. The highest BCUT2D eigenvalue weighted by molar-refractivity contribution is 5.78. The molecule has 0 bridgehead atoms. The van der Waals surface area contributed by atoms with Gasteiger partial charge in [-0.15, -0.1) is 0 Å². The van der Waals surface area contributed by atoms with E-state index in [1.165, 1.54) is 5.56 Å². The monoisotopic (exact) mass is 262 g/mol. The molecule has 0 spiro atoms. The normalized spacial score (nSPS) is 18.8. The molecule has 4 heteroatoms. The smallest absolute Gasteiger partial charge is 0.248 e. The van der Waals surface area contributed by atoms with E-state index in [0.717, 1.165) is 25.8 Å². The van der Waals surface area contributed by atoms with Gasteiger partial charge in [0.1, 0.15) is 6.61 Å². The molecule has 4 nitrogen and oxygen atoms in total. The molecule has 1 heterocycles. The molecule has 1 aliphatic heterocycles. The van der Waals surface area contributed by atoms with Gasteiger partial charge in [-0.05, 0) is 24.8 Å². The van der Waals surface area contributed by atoms with Gasteiger partial charge in [-0.3, -0.25) is 4.79 Å². The first kappa shape index (κ1) is 14.0. The number of likely N-dealkylation sites (tertiary alicyclic amines) is 1. The number of rotatable bonds is 6. The predicted molar refractivity (Wildman–Crippen MR) is 74.8 cm³/mol. The fourth-order valence-electron chi connectivity index (χ4n) is 2.59. The number of ether oxygens (including phenoxy) is 1. The maximum absolute atomic E-state index is 12.1. The van der Waals surface area contributed by atoms with Crippen molar-refractivity contribution in [2.45, 2.75) is 25.3 Å². The maximum atomic E-state index is 12.1. The molecule has 0 radical (unpaired) electrons. The summed E-state index contributed by atoms with van der Waals surface area (Å²) < 4.78 is 5.24. The van der Waals surface area contributed by atoms with E-state index >= 15 is 0 Å². The molecule has 0 saturated carbocycles. The van der Waals surface area contributed by atoms with Gasteiger partial charge < -0.3 is 15.4 Å². The van der Waals surface area contributed by atoms with Crippen molar-refractivity contribution in [2.24, 2.45) is 5.73 Å². The molecule has 1 aromatic carbocycles. The molecule has 2 N–H and O–H groups in total. The number of amides is 1. The number of carbonyl (C=O) groups excluding carboxylic acids is 1. The Morgan fingerprint density at radius 1 is 1.37 bits per heavy atom. The highest BCUT2D eigenvalue weighted by atomic mass is 16.5. The summed E-state index contributed by atoms with van der Waals surface area (Å²) in [7, 11) is 0. The Bertz CT molecular complexity index is 394. The summed E-state index contributed by atoms with van der Waals surface area (Å²) in [6.45, 7) is 1.91. The summed E-state index contributed by atoms with van der Waals surface area (Å²) in [6.07, 6.45) is 3.10. The van der Waals surface area contributed by atoms with E-state index < -0.39 is 0 Å². The van der Waals surface area contributed by atoms with E-state index in [1.54, 1.807) is 0 Å². The lowest BCUT2D eigenvalue weighted by Gasteiger charge is -2.24. The van der Waals surface area contributed by atoms with E-state index in [1.807, 2.05) is 23.1 Å². The molecule has 1 aliphatic rings. The first-order chi connectivity index (χ1) is 9.31. The Morgan fingerprint density at radius 2 is 2.16 bits per heavy atom. The number of hydrogen-bond donors (Lipinski definition) is 1. The number of hydrogen-bond acceptors (Lipinski definition) is 3. The van der Waals surface area contributed by atoms with Gasteiger partial charge in [0.15, 0.2) is 0 Å². The van der Waals surface area contributed by atoms with Crippen molar-refractivity contribution in [2.75, 3.05) is 26.3 Å². The van der Waals surface area contributed by atoms with E-state index in [-0.39, 0.29) is 12.5 Å². The van der Waals surface area contributed by atoms with Crippen LogP contribution in [0.2, 0.25) is 0 Å². The molecule has 1 saturated heterocycles. The Morgan fingerprint density at radius 3 is 2.89 bits per heavy atom. The first-order valence-electron chi connectivity index (χ1n) is 6.92. The summed E-state index contributed by atoms with van der Waals surface area (Å²) >= 11 is 0. The summed E-state index contributed by atoms with van der Waals surface area (Å²) in [5.41, 5.74) is 6.63. The number of nitrogens with two attached hydrogens (primary N) is 1. The second kappa shape index (κ2) is 7.26. The van der Waals surface area contributed by atoms with Gasteiger partial charge in [-0.1, -0.05) is 30.3 Å². The first-order valence-corrected chi connectivity index (χ1v) is 6.92. The highest BCUT2D eigenvalue weighted by Crippen LogP contribution is 2.21. The second-order valence-corrected chi connectivity index (χ2v) is 4.91. The average molecular weight is 262 g/mol. The number of carbonyl (C=O) groups is 1. The van der Waals surface area contributed by atoms with Crippen LogP contribution in [0.25, 0.3) is 0 Å². The van der Waals surface area contributed by atoms with Crippen molar-refractivity contribution in [3.8, 4) is 0 Å². The SMILES string of the molecule is NCCOCC(=O)N1CCCC1Cc1ccccc1. The lowest BCUT2D eigenvalue weighted by Crippen LogP contribution is -2.39. The average Bonchev–Trinajstić information content (AvgIpc) is 2.88. The zero-order valence-electron chi connectivity index (χ0n) is 11.3. The molecule has 2 rings (SSSR count). The van der Waals surface area contributed by atoms with Crippen LogP contribution in [0.15, 0.2) is 30.3 Å². The zero-order valence-corrected chi connectivity index (χ0v) is 11.3. The molecule has 0 aromatic heterocycles. The highest BCUT2D eigenvalue weighted by Gasteiger charge is 2.28. The molecule has 1 fully saturated rings. The van der Waals surface area contributed by atoms with Crippen LogP contribution in [0.1, 0.15) is 18.4 Å². The van der Waals surface area contributed by atoms with E-state index in [0.29, 0.717) is 19.2 Å². The van der Waals surface area contributed by atoms with Gasteiger partial charge in [-0.2, -0.15) is 0 Å². The van der Waals surface area contributed by atoms with Gasteiger partial charge >= 0.3 is 0 Å². The van der Waals surface area contributed by atoms with E-state index in [2.05, 4.69) is 12.1 Å². The lowest BCUT2D eigenvalue weighted by molar-refractivity contribution is -0.136. The van der Waals surface area contributed by atoms with Gasteiger partial charge in [0.25, 0.3) is 0 Å². The minimum Gasteiger partial charge on any atom is -0.370 e. The van der Waals surface area contributed by atoms with Crippen LogP contribution >= 0.6 is 0 Å². The largest absolute Gasteiger partial charge is 0.370 e. The Hall–Kier alpha value is -1.39. The van der Waals surface area contributed by atoms with Crippen molar-refractivity contribution >= 4 is 5.91 Å². The predicted octanol–water partition coefficient (Wildman–Crippen LogP) is 1.20. The zero-order chi connectivity index (χ0) is 13.5. The maximum Gasteiger partial charge on any atom is 0.248 e. The van der Waals surface area contributed by atoms with Crippen LogP contribution in [0.4, 0.5) is 0 Å². The fraction of sp³-hybridized carbons (Fsp3) is 0.533. The van der Waals surface area contributed by atoms with Crippen molar-refractivity contribution < 1.29 is 9.53 Å². The van der Waals surface area contributed by atoms with Gasteiger partial charge in [-0.25, -0.2) is 0 Å². The Balaban J connectivity index is 1.88. The summed E-state index contributed by atoms with van der Waals surface area (Å²) in [6, 6.07) is 10.7. The van der Waals surface area contributed by atoms with Crippen molar-refractivity contribution in [1.82, 2.24) is 4.90 Å². The van der Waals surface area contributed by atoms with Gasteiger partial charge in [0.2, 0.25) is 5.91 Å². The van der Waals surface area contributed by atoms with E-state index in [9.17, 15) is 4.79 Å². The van der Waals surface area contributed by atoms with E-state index in [4.69, 9.17) is 10.5 Å². The van der Waals surface area contributed by atoms with Crippen LogP contribution in [0.5, 0.6) is 0 Å². The summed E-state index contributed by atoms with van der Waals surface area (Å²) in [4.78, 5) is 14.0. The van der Waals surface area contributed by atoms with Crippen LogP contribution in [-0.4, -0.2) is 43.2 Å². The second-order valence-electron chi connectivity index (χ2n) is 4.91. The third-order valence-corrected chi connectivity index (χ3v) is 3.50. The minimum atomic E-state index is 0.0897. The van der Waals surface area contributed by atoms with Crippen molar-refractivity contribution in [3.63, 3.8) is 0 Å². The fourth-order valence-corrected chi connectivity index (χ4v) is 2.59. The van der Waals surface area contributed by atoms with Crippen LogP contribution in [0.3, 0.4) is 0 Å².